The van der Waals surface area contributed by atoms with Gasteiger partial charge in [0.15, 0.2) is 5.69 Å². The highest BCUT2D eigenvalue weighted by atomic mass is 15.2. The summed E-state index contributed by atoms with van der Waals surface area (Å²) in [6.45, 7) is 7.70. The Morgan fingerprint density at radius 2 is 1.00 bits per heavy atom. The van der Waals surface area contributed by atoms with Crippen molar-refractivity contribution in [2.24, 2.45) is 0 Å². The van der Waals surface area contributed by atoms with E-state index in [-0.39, 0.29) is 0 Å². The second-order valence-electron chi connectivity index (χ2n) is 12.0. The predicted octanol–water partition coefficient (Wildman–Crippen LogP) is 12.2. The third-order valence-electron chi connectivity index (χ3n) is 9.28. The van der Waals surface area contributed by atoms with E-state index in [4.69, 9.17) is 6.57 Å². The van der Waals surface area contributed by atoms with E-state index in [1.807, 2.05) is 72.8 Å². The van der Waals surface area contributed by atoms with Crippen LogP contribution in [0, 0.1) is 17.9 Å². The molecule has 0 radical (unpaired) electrons. The molecule has 0 fully saturated rings. The van der Waals surface area contributed by atoms with Crippen LogP contribution in [-0.2, 0) is 0 Å². The maximum atomic E-state index is 9.78. The Hall–Kier alpha value is -7.08. The van der Waals surface area contributed by atoms with E-state index < -0.39 is 0 Å². The van der Waals surface area contributed by atoms with Gasteiger partial charge in [-0.25, -0.2) is 4.85 Å². The third kappa shape index (κ3) is 4.38. The SMILES string of the molecule is [C-]#[N+]c1cccc(N(c2ccccc2)c2cccc3c2c2cccc4c5c(N(c6ccccc6)c6cccc(C#N)c6)cccc5n3c42)c1. The van der Waals surface area contributed by atoms with Gasteiger partial charge in [-0.3, -0.25) is 0 Å². The zero-order valence-corrected chi connectivity index (χ0v) is 26.3. The normalized spacial score (nSPS) is 11.2. The summed E-state index contributed by atoms with van der Waals surface area (Å²) in [5.41, 5.74) is 10.6. The number of nitrogens with zero attached hydrogens (tertiary/aromatic N) is 5. The minimum atomic E-state index is 0.598. The van der Waals surface area contributed by atoms with Gasteiger partial charge in [-0.15, -0.1) is 0 Å². The fraction of sp³-hybridized carbons (Fsp3) is 0. The topological polar surface area (TPSA) is 39.0 Å². The lowest BCUT2D eigenvalue weighted by atomic mass is 10.0. The van der Waals surface area contributed by atoms with Crippen molar-refractivity contribution in [1.82, 2.24) is 4.40 Å². The number of rotatable bonds is 6. The van der Waals surface area contributed by atoms with Crippen molar-refractivity contribution in [3.63, 3.8) is 0 Å². The largest absolute Gasteiger partial charge is 0.311 e. The molecule has 0 saturated carbocycles. The second kappa shape index (κ2) is 11.3. The van der Waals surface area contributed by atoms with E-state index in [9.17, 15) is 5.26 Å². The summed E-state index contributed by atoms with van der Waals surface area (Å²) >= 11 is 0. The maximum absolute atomic E-state index is 9.78. The van der Waals surface area contributed by atoms with Gasteiger partial charge in [0.25, 0.3) is 0 Å². The standard InChI is InChI=1S/C44H27N5/c1-46-31-14-9-20-35(28-31)48(33-17-6-3-7-18-33)39-24-12-26-41-43(39)37-22-10-21-36-42-38(23-11-25-40(42)49(41)44(36)37)47(32-15-4-2-5-16-32)34-19-8-13-30(27-34)29-45/h2-28H. The highest BCUT2D eigenvalue weighted by Crippen LogP contribution is 2.49. The third-order valence-corrected chi connectivity index (χ3v) is 9.28. The van der Waals surface area contributed by atoms with Crippen molar-refractivity contribution in [2.45, 2.75) is 0 Å². The Labute approximate surface area is 283 Å². The molecule has 0 aliphatic carbocycles. The quantitative estimate of drug-likeness (QED) is 0.173. The lowest BCUT2D eigenvalue weighted by Crippen LogP contribution is -2.10. The van der Waals surface area contributed by atoms with Crippen LogP contribution in [0.15, 0.2) is 164 Å². The van der Waals surface area contributed by atoms with Crippen LogP contribution in [0.4, 0.5) is 39.8 Å². The summed E-state index contributed by atoms with van der Waals surface area (Å²) in [6, 6.07) is 58.2. The fourth-order valence-electron chi connectivity index (χ4n) is 7.34. The fourth-order valence-corrected chi connectivity index (χ4v) is 7.34. The van der Waals surface area contributed by atoms with Crippen LogP contribution in [0.5, 0.6) is 0 Å². The van der Waals surface area contributed by atoms with Crippen molar-refractivity contribution in [3.8, 4) is 6.07 Å². The molecule has 5 heteroatoms. The average Bonchev–Trinajstić information content (AvgIpc) is 3.70. The number of hydrogen-bond acceptors (Lipinski definition) is 3. The Kier molecular flexibility index (Phi) is 6.50. The molecule has 0 aliphatic rings. The molecule has 0 bridgehead atoms. The molecule has 2 heterocycles. The number of benzene rings is 7. The molecular weight excluding hydrogens is 599 g/mol. The molecule has 0 atom stereocenters. The predicted molar refractivity (Wildman–Crippen MR) is 201 cm³/mol. The summed E-state index contributed by atoms with van der Waals surface area (Å²) in [6.07, 6.45) is 0. The monoisotopic (exact) mass is 625 g/mol. The number of aromatic nitrogens is 1. The summed E-state index contributed by atoms with van der Waals surface area (Å²) < 4.78 is 2.40. The first-order valence-electron chi connectivity index (χ1n) is 16.1. The Balaban J connectivity index is 1.36. The van der Waals surface area contributed by atoms with Crippen molar-refractivity contribution in [1.29, 1.82) is 5.26 Å². The first-order valence-corrected chi connectivity index (χ1v) is 16.1. The van der Waals surface area contributed by atoms with Gasteiger partial charge in [0.2, 0.25) is 0 Å². The van der Waals surface area contributed by atoms with Crippen molar-refractivity contribution in [2.75, 3.05) is 9.80 Å². The summed E-state index contributed by atoms with van der Waals surface area (Å²) in [4.78, 5) is 8.24. The lowest BCUT2D eigenvalue weighted by Gasteiger charge is -2.27. The molecule has 5 nitrogen and oxygen atoms in total. The summed E-state index contributed by atoms with van der Waals surface area (Å²) in [7, 11) is 0. The van der Waals surface area contributed by atoms with Crippen LogP contribution in [0.3, 0.4) is 0 Å². The van der Waals surface area contributed by atoms with Gasteiger partial charge in [0, 0.05) is 44.3 Å². The number of hydrogen-bond donors (Lipinski definition) is 0. The lowest BCUT2D eigenvalue weighted by molar-refractivity contribution is 1.29. The first kappa shape index (κ1) is 28.2. The molecule has 2 aromatic heterocycles. The van der Waals surface area contributed by atoms with Gasteiger partial charge in [0.1, 0.15) is 0 Å². The summed E-state index contributed by atoms with van der Waals surface area (Å²) in [5.74, 6) is 0. The highest BCUT2D eigenvalue weighted by molar-refractivity contribution is 6.28. The minimum absolute atomic E-state index is 0.598. The van der Waals surface area contributed by atoms with Gasteiger partial charge in [-0.1, -0.05) is 84.9 Å². The zero-order valence-electron chi connectivity index (χ0n) is 26.3. The number of para-hydroxylation sites is 3. The maximum Gasteiger partial charge on any atom is 0.189 e. The van der Waals surface area contributed by atoms with Gasteiger partial charge in [-0.05, 0) is 78.9 Å². The molecule has 0 saturated heterocycles. The minimum Gasteiger partial charge on any atom is -0.311 e. The van der Waals surface area contributed by atoms with Gasteiger partial charge in [-0.2, -0.15) is 5.26 Å². The summed E-state index contributed by atoms with van der Waals surface area (Å²) in [5, 5.41) is 14.4. The van der Waals surface area contributed by atoms with Crippen molar-refractivity contribution < 1.29 is 0 Å². The molecule has 7 aromatic carbocycles. The molecular formula is C44H27N5. The molecule has 0 unspecified atom stereocenters. The molecule has 49 heavy (non-hydrogen) atoms. The molecule has 0 N–H and O–H groups in total. The van der Waals surface area contributed by atoms with E-state index in [2.05, 4.69) is 116 Å². The van der Waals surface area contributed by atoms with Crippen LogP contribution < -0.4 is 9.80 Å². The van der Waals surface area contributed by atoms with Crippen LogP contribution >= 0.6 is 0 Å². The Morgan fingerprint density at radius 3 is 1.55 bits per heavy atom. The van der Waals surface area contributed by atoms with Crippen LogP contribution in [-0.4, -0.2) is 4.40 Å². The number of fused-ring (bicyclic) bond motifs is 6. The molecule has 0 aliphatic heterocycles. The average molecular weight is 626 g/mol. The van der Waals surface area contributed by atoms with E-state index in [1.165, 1.54) is 0 Å². The zero-order chi connectivity index (χ0) is 32.9. The molecule has 9 rings (SSSR count). The van der Waals surface area contributed by atoms with Crippen LogP contribution in [0.2, 0.25) is 0 Å². The van der Waals surface area contributed by atoms with Gasteiger partial charge >= 0.3 is 0 Å². The Morgan fingerprint density at radius 1 is 0.510 bits per heavy atom. The van der Waals surface area contributed by atoms with E-state index in [1.54, 1.807) is 0 Å². The smallest absolute Gasteiger partial charge is 0.189 e. The van der Waals surface area contributed by atoms with Gasteiger partial charge in [0.05, 0.1) is 46.1 Å². The van der Waals surface area contributed by atoms with E-state index >= 15 is 0 Å². The first-order chi connectivity index (χ1) is 24.2. The molecule has 0 amide bonds. The molecule has 0 spiro atoms. The highest BCUT2D eigenvalue weighted by Gasteiger charge is 2.25. The molecule has 228 valence electrons. The second-order valence-corrected chi connectivity index (χ2v) is 12.0. The number of anilines is 6. The van der Waals surface area contributed by atoms with Crippen molar-refractivity contribution >= 4 is 77.9 Å². The van der Waals surface area contributed by atoms with Gasteiger partial charge < -0.3 is 14.2 Å². The van der Waals surface area contributed by atoms with Crippen LogP contribution in [0.25, 0.3) is 42.9 Å². The van der Waals surface area contributed by atoms with Crippen molar-refractivity contribution in [3.05, 3.63) is 181 Å². The van der Waals surface area contributed by atoms with Crippen LogP contribution in [0.1, 0.15) is 5.56 Å². The molecule has 9 aromatic rings. The van der Waals surface area contributed by atoms with E-state index in [0.717, 1.165) is 72.2 Å². The van der Waals surface area contributed by atoms with E-state index in [0.29, 0.717) is 11.3 Å². The number of nitriles is 1. The Bertz CT molecular complexity index is 2570.